The van der Waals surface area contributed by atoms with Gasteiger partial charge in [0.1, 0.15) is 17.6 Å². The first-order valence-electron chi connectivity index (χ1n) is 4.25. The van der Waals surface area contributed by atoms with E-state index in [1.54, 1.807) is 12.1 Å². The Kier molecular flexibility index (Phi) is 2.75. The SMILES string of the molecule is CC(=O)Cn1nc2cc(Cl)cc(Br)c2n1. The molecule has 0 aliphatic carbocycles. The molecule has 0 aliphatic heterocycles. The van der Waals surface area contributed by atoms with Gasteiger partial charge in [0.25, 0.3) is 0 Å². The van der Waals surface area contributed by atoms with E-state index in [0.29, 0.717) is 16.1 Å². The van der Waals surface area contributed by atoms with Crippen LogP contribution in [0.5, 0.6) is 0 Å². The van der Waals surface area contributed by atoms with Gasteiger partial charge in [0.2, 0.25) is 0 Å². The lowest BCUT2D eigenvalue weighted by Gasteiger charge is -1.91. The second-order valence-electron chi connectivity index (χ2n) is 3.19. The molecule has 0 amide bonds. The van der Waals surface area contributed by atoms with Crippen LogP contribution in [0.4, 0.5) is 0 Å². The average molecular weight is 289 g/mol. The first-order valence-corrected chi connectivity index (χ1v) is 5.42. The minimum atomic E-state index is 0.0116. The van der Waals surface area contributed by atoms with Crippen molar-refractivity contribution in [2.24, 2.45) is 0 Å². The molecule has 0 saturated carbocycles. The van der Waals surface area contributed by atoms with Gasteiger partial charge in [0.15, 0.2) is 5.78 Å². The Bertz CT molecular complexity index is 537. The summed E-state index contributed by atoms with van der Waals surface area (Å²) in [6.45, 7) is 1.68. The number of Topliss-reactive ketones (excluding diaryl/α,β-unsaturated/α-hetero) is 1. The van der Waals surface area contributed by atoms with Crippen molar-refractivity contribution >= 4 is 44.3 Å². The van der Waals surface area contributed by atoms with Crippen molar-refractivity contribution in [1.29, 1.82) is 0 Å². The molecular weight excluding hydrogens is 281 g/mol. The van der Waals surface area contributed by atoms with Gasteiger partial charge < -0.3 is 0 Å². The molecule has 0 bridgehead atoms. The van der Waals surface area contributed by atoms with Crippen molar-refractivity contribution in [2.45, 2.75) is 13.5 Å². The zero-order valence-electron chi connectivity index (χ0n) is 7.87. The summed E-state index contributed by atoms with van der Waals surface area (Å²) in [5.74, 6) is 0.0116. The number of benzene rings is 1. The molecule has 0 unspecified atom stereocenters. The van der Waals surface area contributed by atoms with Crippen molar-refractivity contribution in [3.05, 3.63) is 21.6 Å². The maximum absolute atomic E-state index is 10.9. The summed E-state index contributed by atoms with van der Waals surface area (Å²) in [7, 11) is 0. The van der Waals surface area contributed by atoms with Gasteiger partial charge in [0.05, 0.1) is 0 Å². The number of fused-ring (bicyclic) bond motifs is 1. The van der Waals surface area contributed by atoms with Crippen LogP contribution in [0, 0.1) is 0 Å². The smallest absolute Gasteiger partial charge is 0.153 e. The molecule has 2 aromatic rings. The molecule has 1 aromatic carbocycles. The Labute approximate surface area is 99.3 Å². The molecule has 0 N–H and O–H groups in total. The molecule has 0 saturated heterocycles. The van der Waals surface area contributed by atoms with E-state index in [4.69, 9.17) is 11.6 Å². The summed E-state index contributed by atoms with van der Waals surface area (Å²) in [6, 6.07) is 3.46. The fourth-order valence-corrected chi connectivity index (χ4v) is 2.13. The van der Waals surface area contributed by atoms with Crippen LogP contribution in [-0.4, -0.2) is 20.8 Å². The van der Waals surface area contributed by atoms with Gasteiger partial charge in [0, 0.05) is 9.50 Å². The van der Waals surface area contributed by atoms with E-state index in [2.05, 4.69) is 26.1 Å². The molecule has 0 atom stereocenters. The number of hydrogen-bond acceptors (Lipinski definition) is 3. The standard InChI is InChI=1S/C9H7BrClN3O/c1-5(15)4-14-12-8-3-6(11)2-7(10)9(8)13-14/h2-3H,4H2,1H3. The van der Waals surface area contributed by atoms with Crippen LogP contribution in [0.15, 0.2) is 16.6 Å². The van der Waals surface area contributed by atoms with E-state index in [9.17, 15) is 4.79 Å². The molecule has 0 aliphatic rings. The largest absolute Gasteiger partial charge is 0.298 e. The lowest BCUT2D eigenvalue weighted by Crippen LogP contribution is -2.08. The van der Waals surface area contributed by atoms with Gasteiger partial charge >= 0.3 is 0 Å². The fourth-order valence-electron chi connectivity index (χ4n) is 1.26. The highest BCUT2D eigenvalue weighted by atomic mass is 79.9. The molecule has 4 nitrogen and oxygen atoms in total. The first kappa shape index (κ1) is 10.6. The lowest BCUT2D eigenvalue weighted by molar-refractivity contribution is -0.117. The van der Waals surface area contributed by atoms with E-state index >= 15 is 0 Å². The normalized spacial score (nSPS) is 10.9. The van der Waals surface area contributed by atoms with Crippen molar-refractivity contribution < 1.29 is 4.79 Å². The Hall–Kier alpha value is -0.940. The number of aromatic nitrogens is 3. The van der Waals surface area contributed by atoms with Gasteiger partial charge in [-0.1, -0.05) is 11.6 Å². The molecular formula is C9H7BrClN3O. The monoisotopic (exact) mass is 287 g/mol. The number of halogens is 2. The van der Waals surface area contributed by atoms with Gasteiger partial charge in [-0.25, -0.2) is 0 Å². The molecule has 1 aromatic heterocycles. The van der Waals surface area contributed by atoms with Gasteiger partial charge in [-0.15, -0.1) is 0 Å². The maximum atomic E-state index is 10.9. The highest BCUT2D eigenvalue weighted by Crippen LogP contribution is 2.25. The quantitative estimate of drug-likeness (QED) is 0.853. The zero-order valence-corrected chi connectivity index (χ0v) is 10.2. The van der Waals surface area contributed by atoms with Crippen LogP contribution in [0.2, 0.25) is 5.02 Å². The van der Waals surface area contributed by atoms with Crippen LogP contribution in [0.1, 0.15) is 6.92 Å². The third-order valence-electron chi connectivity index (χ3n) is 1.81. The summed E-state index contributed by atoms with van der Waals surface area (Å²) < 4.78 is 0.778. The molecule has 0 radical (unpaired) electrons. The summed E-state index contributed by atoms with van der Waals surface area (Å²) in [5, 5.41) is 8.90. The summed E-state index contributed by atoms with van der Waals surface area (Å²) >= 11 is 9.21. The Balaban J connectivity index is 2.55. The number of ketones is 1. The number of rotatable bonds is 2. The zero-order chi connectivity index (χ0) is 11.0. The Morgan fingerprint density at radius 1 is 1.53 bits per heavy atom. The van der Waals surface area contributed by atoms with Crippen molar-refractivity contribution in [1.82, 2.24) is 15.0 Å². The lowest BCUT2D eigenvalue weighted by atomic mass is 10.3. The molecule has 6 heteroatoms. The second-order valence-corrected chi connectivity index (χ2v) is 4.48. The van der Waals surface area contributed by atoms with E-state index in [1.165, 1.54) is 11.7 Å². The third kappa shape index (κ3) is 2.18. The molecule has 2 rings (SSSR count). The first-order chi connectivity index (χ1) is 7.06. The molecule has 0 spiro atoms. The number of hydrogen-bond donors (Lipinski definition) is 0. The highest BCUT2D eigenvalue weighted by Gasteiger charge is 2.08. The van der Waals surface area contributed by atoms with Gasteiger partial charge in [-0.3, -0.25) is 4.79 Å². The van der Waals surface area contributed by atoms with E-state index in [0.717, 1.165) is 4.47 Å². The highest BCUT2D eigenvalue weighted by molar-refractivity contribution is 9.10. The van der Waals surface area contributed by atoms with Crippen molar-refractivity contribution in [2.75, 3.05) is 0 Å². The van der Waals surface area contributed by atoms with Crippen LogP contribution < -0.4 is 0 Å². The minimum absolute atomic E-state index is 0.0116. The number of nitrogens with zero attached hydrogens (tertiary/aromatic N) is 3. The Morgan fingerprint density at radius 3 is 2.93 bits per heavy atom. The molecule has 78 valence electrons. The predicted molar refractivity (Wildman–Crippen MR) is 60.9 cm³/mol. The Morgan fingerprint density at radius 2 is 2.27 bits per heavy atom. The van der Waals surface area contributed by atoms with Crippen LogP contribution in [0.3, 0.4) is 0 Å². The molecule has 1 heterocycles. The van der Waals surface area contributed by atoms with Crippen molar-refractivity contribution in [3.8, 4) is 0 Å². The topological polar surface area (TPSA) is 47.8 Å². The van der Waals surface area contributed by atoms with Crippen LogP contribution in [-0.2, 0) is 11.3 Å². The summed E-state index contributed by atoms with van der Waals surface area (Å²) in [6.07, 6.45) is 0. The average Bonchev–Trinajstić information content (AvgIpc) is 2.45. The number of carbonyl (C=O) groups excluding carboxylic acids is 1. The van der Waals surface area contributed by atoms with Gasteiger partial charge in [-0.2, -0.15) is 15.0 Å². The van der Waals surface area contributed by atoms with E-state index < -0.39 is 0 Å². The van der Waals surface area contributed by atoms with E-state index in [-0.39, 0.29) is 12.3 Å². The predicted octanol–water partition coefficient (Wildman–Crippen LogP) is 2.44. The number of carbonyl (C=O) groups is 1. The summed E-state index contributed by atoms with van der Waals surface area (Å²) in [5.41, 5.74) is 1.39. The van der Waals surface area contributed by atoms with Crippen molar-refractivity contribution in [3.63, 3.8) is 0 Å². The van der Waals surface area contributed by atoms with Crippen LogP contribution >= 0.6 is 27.5 Å². The molecule has 0 fully saturated rings. The van der Waals surface area contributed by atoms with Crippen LogP contribution in [0.25, 0.3) is 11.0 Å². The summed E-state index contributed by atoms with van der Waals surface area (Å²) in [4.78, 5) is 12.3. The second kappa shape index (κ2) is 3.90. The maximum Gasteiger partial charge on any atom is 0.153 e. The third-order valence-corrected chi connectivity index (χ3v) is 2.63. The van der Waals surface area contributed by atoms with Gasteiger partial charge in [-0.05, 0) is 35.0 Å². The van der Waals surface area contributed by atoms with E-state index in [1.807, 2.05) is 0 Å². The minimum Gasteiger partial charge on any atom is -0.298 e. The molecule has 15 heavy (non-hydrogen) atoms. The fraction of sp³-hybridized carbons (Fsp3) is 0.222.